The fourth-order valence-corrected chi connectivity index (χ4v) is 3.81. The zero-order valence-corrected chi connectivity index (χ0v) is 9.42. The van der Waals surface area contributed by atoms with E-state index in [4.69, 9.17) is 0 Å². The topological polar surface area (TPSA) is 0 Å². The average Bonchev–Trinajstić information content (AvgIpc) is 2.48. The third-order valence-corrected chi connectivity index (χ3v) is 4.84. The molecule has 0 aliphatic heterocycles. The predicted molar refractivity (Wildman–Crippen MR) is 57.6 cm³/mol. The Morgan fingerprint density at radius 2 is 1.46 bits per heavy atom. The van der Waals surface area contributed by atoms with Gasteiger partial charge < -0.3 is 0 Å². The minimum Gasteiger partial charge on any atom is -0.0622 e. The van der Waals surface area contributed by atoms with Crippen LogP contribution in [0.4, 0.5) is 0 Å². The summed E-state index contributed by atoms with van der Waals surface area (Å²) in [6, 6.07) is 0. The summed E-state index contributed by atoms with van der Waals surface area (Å²) < 4.78 is 0. The Labute approximate surface area is 83.1 Å². The number of hydrogen-bond donors (Lipinski definition) is 0. The van der Waals surface area contributed by atoms with Crippen molar-refractivity contribution in [1.82, 2.24) is 0 Å². The zero-order valence-electron chi connectivity index (χ0n) is 9.42. The third-order valence-electron chi connectivity index (χ3n) is 4.84. The monoisotopic (exact) mass is 180 g/mol. The first kappa shape index (κ1) is 9.55. The Morgan fingerprint density at radius 1 is 0.769 bits per heavy atom. The first-order valence-electron chi connectivity index (χ1n) is 6.18. The molecule has 2 saturated carbocycles. The van der Waals surface area contributed by atoms with Crippen molar-refractivity contribution in [3.63, 3.8) is 0 Å². The van der Waals surface area contributed by atoms with E-state index in [1.165, 1.54) is 32.1 Å². The van der Waals surface area contributed by atoms with E-state index in [2.05, 4.69) is 20.8 Å². The van der Waals surface area contributed by atoms with E-state index in [1.807, 2.05) is 0 Å². The van der Waals surface area contributed by atoms with E-state index in [0.717, 1.165) is 29.6 Å². The van der Waals surface area contributed by atoms with Crippen LogP contribution in [0.1, 0.15) is 52.9 Å². The van der Waals surface area contributed by atoms with Crippen LogP contribution in [-0.4, -0.2) is 0 Å². The molecule has 0 spiro atoms. The molecule has 0 bridgehead atoms. The van der Waals surface area contributed by atoms with Crippen LogP contribution in [-0.2, 0) is 0 Å². The maximum absolute atomic E-state index is 2.50. The van der Waals surface area contributed by atoms with Gasteiger partial charge in [0.2, 0.25) is 0 Å². The van der Waals surface area contributed by atoms with Gasteiger partial charge in [0.15, 0.2) is 0 Å². The molecule has 2 fully saturated rings. The lowest BCUT2D eigenvalue weighted by atomic mass is 9.83. The van der Waals surface area contributed by atoms with Crippen molar-refractivity contribution in [2.75, 3.05) is 0 Å². The van der Waals surface area contributed by atoms with Crippen molar-refractivity contribution >= 4 is 0 Å². The summed E-state index contributed by atoms with van der Waals surface area (Å²) in [6.07, 6.45) is 7.59. The summed E-state index contributed by atoms with van der Waals surface area (Å²) in [6.45, 7) is 7.43. The Bertz CT molecular complexity index is 173. The molecule has 0 aromatic carbocycles. The maximum Gasteiger partial charge on any atom is -0.0360 e. The van der Waals surface area contributed by atoms with Crippen molar-refractivity contribution in [3.05, 3.63) is 0 Å². The predicted octanol–water partition coefficient (Wildman–Crippen LogP) is 4.10. The van der Waals surface area contributed by atoms with Crippen LogP contribution in [0.2, 0.25) is 0 Å². The van der Waals surface area contributed by atoms with Crippen LogP contribution in [0.3, 0.4) is 0 Å². The van der Waals surface area contributed by atoms with E-state index < -0.39 is 0 Å². The van der Waals surface area contributed by atoms with Gasteiger partial charge in [0, 0.05) is 0 Å². The van der Waals surface area contributed by atoms with E-state index in [0.29, 0.717) is 0 Å². The number of fused-ring (bicyclic) bond motifs is 1. The normalized spacial score (nSPS) is 51.5. The Kier molecular flexibility index (Phi) is 2.67. The van der Waals surface area contributed by atoms with Crippen LogP contribution >= 0.6 is 0 Å². The molecule has 76 valence electrons. The van der Waals surface area contributed by atoms with E-state index in [1.54, 1.807) is 0 Å². The lowest BCUT2D eigenvalue weighted by molar-refractivity contribution is 0.275. The van der Waals surface area contributed by atoms with Crippen LogP contribution in [0.25, 0.3) is 0 Å². The molecule has 13 heavy (non-hydrogen) atoms. The molecule has 0 aromatic heterocycles. The summed E-state index contributed by atoms with van der Waals surface area (Å²) in [5.41, 5.74) is 0. The van der Waals surface area contributed by atoms with Crippen LogP contribution < -0.4 is 0 Å². The van der Waals surface area contributed by atoms with Gasteiger partial charge in [0.1, 0.15) is 0 Å². The molecule has 0 amide bonds. The van der Waals surface area contributed by atoms with Crippen LogP contribution in [0, 0.1) is 29.6 Å². The van der Waals surface area contributed by atoms with Crippen molar-refractivity contribution in [2.45, 2.75) is 52.9 Å². The zero-order chi connectivity index (χ0) is 9.42. The molecular formula is C13H24. The highest BCUT2D eigenvalue weighted by molar-refractivity contribution is 4.87. The first-order chi connectivity index (χ1) is 6.18. The van der Waals surface area contributed by atoms with Crippen LogP contribution in [0.5, 0.6) is 0 Å². The largest absolute Gasteiger partial charge is 0.0622 e. The van der Waals surface area contributed by atoms with Gasteiger partial charge in [-0.25, -0.2) is 0 Å². The summed E-state index contributed by atoms with van der Waals surface area (Å²) in [4.78, 5) is 0. The van der Waals surface area contributed by atoms with Crippen molar-refractivity contribution in [2.24, 2.45) is 29.6 Å². The smallest absolute Gasteiger partial charge is 0.0360 e. The molecule has 5 atom stereocenters. The highest BCUT2D eigenvalue weighted by Gasteiger charge is 2.36. The van der Waals surface area contributed by atoms with Gasteiger partial charge in [-0.1, -0.05) is 33.6 Å². The number of rotatable bonds is 0. The van der Waals surface area contributed by atoms with Crippen molar-refractivity contribution in [1.29, 1.82) is 0 Å². The lowest BCUT2D eigenvalue weighted by Crippen LogP contribution is -2.14. The first-order valence-corrected chi connectivity index (χ1v) is 6.18. The molecule has 0 nitrogen and oxygen atoms in total. The van der Waals surface area contributed by atoms with Crippen molar-refractivity contribution < 1.29 is 0 Å². The van der Waals surface area contributed by atoms with E-state index in [-0.39, 0.29) is 0 Å². The molecular weight excluding hydrogens is 156 g/mol. The van der Waals surface area contributed by atoms with E-state index in [9.17, 15) is 0 Å². The van der Waals surface area contributed by atoms with Gasteiger partial charge in [0.05, 0.1) is 0 Å². The molecule has 0 heterocycles. The third kappa shape index (κ3) is 1.78. The van der Waals surface area contributed by atoms with Gasteiger partial charge in [-0.05, 0) is 48.9 Å². The van der Waals surface area contributed by atoms with Gasteiger partial charge in [-0.15, -0.1) is 0 Å². The summed E-state index contributed by atoms with van der Waals surface area (Å²) in [7, 11) is 0. The standard InChI is InChI=1S/C13H24/c1-9-7-11(3)13-6-4-5-12(13)8-10(9)2/h9-13H,4-8H2,1-3H3. The molecule has 2 aliphatic rings. The second kappa shape index (κ2) is 3.63. The van der Waals surface area contributed by atoms with Gasteiger partial charge in [-0.3, -0.25) is 0 Å². The van der Waals surface area contributed by atoms with Crippen molar-refractivity contribution in [3.8, 4) is 0 Å². The van der Waals surface area contributed by atoms with Gasteiger partial charge in [0.25, 0.3) is 0 Å². The molecule has 0 aromatic rings. The minimum absolute atomic E-state index is 0.973. The average molecular weight is 180 g/mol. The fourth-order valence-electron chi connectivity index (χ4n) is 3.81. The summed E-state index contributed by atoms with van der Waals surface area (Å²) in [5.74, 6) is 5.14. The Morgan fingerprint density at radius 3 is 2.23 bits per heavy atom. The quantitative estimate of drug-likeness (QED) is 0.526. The summed E-state index contributed by atoms with van der Waals surface area (Å²) >= 11 is 0. The summed E-state index contributed by atoms with van der Waals surface area (Å²) in [5, 5.41) is 0. The van der Waals surface area contributed by atoms with E-state index >= 15 is 0 Å². The Balaban J connectivity index is 2.09. The minimum atomic E-state index is 0.973. The second-order valence-corrected chi connectivity index (χ2v) is 5.76. The lowest BCUT2D eigenvalue weighted by Gasteiger charge is -2.22. The molecule has 0 N–H and O–H groups in total. The van der Waals surface area contributed by atoms with Gasteiger partial charge in [-0.2, -0.15) is 0 Å². The van der Waals surface area contributed by atoms with Gasteiger partial charge >= 0.3 is 0 Å². The molecule has 0 heteroatoms. The SMILES string of the molecule is CC1CC(C)C2CCCC2CC1C. The fraction of sp³-hybridized carbons (Fsp3) is 1.00. The molecule has 2 aliphatic carbocycles. The maximum atomic E-state index is 2.50. The highest BCUT2D eigenvalue weighted by Crippen LogP contribution is 2.46. The molecule has 0 saturated heterocycles. The Hall–Kier alpha value is 0. The van der Waals surface area contributed by atoms with Crippen LogP contribution in [0.15, 0.2) is 0 Å². The highest BCUT2D eigenvalue weighted by atomic mass is 14.4. The number of hydrogen-bond acceptors (Lipinski definition) is 0. The second-order valence-electron chi connectivity index (χ2n) is 5.76. The molecule has 0 radical (unpaired) electrons. The molecule has 2 rings (SSSR count). The molecule has 5 unspecified atom stereocenters.